The molecule has 1 aromatic carbocycles. The van der Waals surface area contributed by atoms with Crippen molar-refractivity contribution in [1.82, 2.24) is 19.6 Å². The van der Waals surface area contributed by atoms with Crippen molar-refractivity contribution in [1.29, 1.82) is 0 Å². The van der Waals surface area contributed by atoms with Crippen LogP contribution in [0, 0.1) is 0 Å². The molecule has 4 rings (SSSR count). The zero-order valence-electron chi connectivity index (χ0n) is 16.5. The van der Waals surface area contributed by atoms with Gasteiger partial charge in [0.2, 0.25) is 10.0 Å². The van der Waals surface area contributed by atoms with Crippen molar-refractivity contribution in [3.05, 3.63) is 35.8 Å². The number of hydrogen-bond acceptors (Lipinski definition) is 8. The fourth-order valence-electron chi connectivity index (χ4n) is 3.46. The van der Waals surface area contributed by atoms with Crippen LogP contribution in [0.4, 0.5) is 5.82 Å². The van der Waals surface area contributed by atoms with E-state index in [0.29, 0.717) is 42.0 Å². The number of sulfonamides is 1. The third-order valence-electron chi connectivity index (χ3n) is 5.03. The molecule has 9 nitrogen and oxygen atoms in total. The minimum atomic E-state index is -3.72. The minimum absolute atomic E-state index is 0.0988. The molecule has 0 unspecified atom stereocenters. The Balaban J connectivity index is 1.58. The Hall–Kier alpha value is -2.43. The first kappa shape index (κ1) is 19.9. The van der Waals surface area contributed by atoms with E-state index in [4.69, 9.17) is 9.47 Å². The van der Waals surface area contributed by atoms with Crippen LogP contribution in [0.5, 0.6) is 11.5 Å². The molecule has 0 amide bonds. The van der Waals surface area contributed by atoms with E-state index in [2.05, 4.69) is 20.6 Å². The number of nitrogens with one attached hydrogen (secondary N) is 2. The third kappa shape index (κ3) is 4.14. The van der Waals surface area contributed by atoms with Crippen LogP contribution in [-0.2, 0) is 16.6 Å². The highest BCUT2D eigenvalue weighted by Crippen LogP contribution is 2.33. The molecule has 1 aromatic heterocycles. The molecule has 2 aromatic rings. The van der Waals surface area contributed by atoms with Crippen molar-refractivity contribution in [2.45, 2.75) is 30.3 Å². The Morgan fingerprint density at radius 2 is 2.00 bits per heavy atom. The zero-order chi connectivity index (χ0) is 20.4. The first-order valence-electron chi connectivity index (χ1n) is 9.62. The lowest BCUT2D eigenvalue weighted by Gasteiger charge is -2.21. The van der Waals surface area contributed by atoms with Gasteiger partial charge in [0.25, 0.3) is 0 Å². The average Bonchev–Trinajstić information content (AvgIpc) is 3.28. The first-order valence-corrected chi connectivity index (χ1v) is 11.1. The van der Waals surface area contributed by atoms with E-state index in [9.17, 15) is 8.42 Å². The van der Waals surface area contributed by atoms with E-state index in [0.717, 1.165) is 19.4 Å². The Bertz CT molecular complexity index is 992. The van der Waals surface area contributed by atoms with Crippen molar-refractivity contribution in [2.75, 3.05) is 39.2 Å². The van der Waals surface area contributed by atoms with Gasteiger partial charge in [-0.05, 0) is 31.5 Å². The van der Waals surface area contributed by atoms with E-state index in [1.165, 1.54) is 16.4 Å². The van der Waals surface area contributed by atoms with Gasteiger partial charge in [-0.2, -0.15) is 4.31 Å². The fraction of sp³-hybridized carbons (Fsp3) is 0.474. The molecule has 0 aliphatic carbocycles. The van der Waals surface area contributed by atoms with Gasteiger partial charge in [-0.1, -0.05) is 0 Å². The molecular weight excluding hydrogens is 394 g/mol. The third-order valence-corrected chi connectivity index (χ3v) is 6.83. The van der Waals surface area contributed by atoms with Gasteiger partial charge < -0.3 is 20.1 Å². The molecule has 2 aliphatic rings. The second-order valence-electron chi connectivity index (χ2n) is 7.07. The van der Waals surface area contributed by atoms with Crippen molar-refractivity contribution < 1.29 is 17.9 Å². The van der Waals surface area contributed by atoms with Crippen LogP contribution < -0.4 is 20.1 Å². The van der Waals surface area contributed by atoms with Crippen molar-refractivity contribution in [3.8, 4) is 11.5 Å². The summed E-state index contributed by atoms with van der Waals surface area (Å²) in [4.78, 5) is 9.30. The van der Waals surface area contributed by atoms with Gasteiger partial charge in [0.1, 0.15) is 24.9 Å². The lowest BCUT2D eigenvalue weighted by atomic mass is 10.2. The van der Waals surface area contributed by atoms with Crippen molar-refractivity contribution >= 4 is 15.8 Å². The molecule has 3 heterocycles. The van der Waals surface area contributed by atoms with E-state index in [-0.39, 0.29) is 17.5 Å². The second kappa shape index (κ2) is 8.13. The van der Waals surface area contributed by atoms with Crippen LogP contribution in [0.25, 0.3) is 0 Å². The Morgan fingerprint density at radius 3 is 2.72 bits per heavy atom. The number of benzene rings is 1. The number of aromatic nitrogens is 2. The summed E-state index contributed by atoms with van der Waals surface area (Å²) in [5, 5.41) is 6.41. The van der Waals surface area contributed by atoms with E-state index < -0.39 is 10.0 Å². The summed E-state index contributed by atoms with van der Waals surface area (Å²) < 4.78 is 38.4. The molecule has 0 spiro atoms. The largest absolute Gasteiger partial charge is 0.486 e. The maximum atomic E-state index is 13.1. The van der Waals surface area contributed by atoms with Crippen LogP contribution in [-0.4, -0.2) is 56.5 Å². The summed E-state index contributed by atoms with van der Waals surface area (Å²) in [7, 11) is -0.393. The topological polar surface area (TPSA) is 106 Å². The van der Waals surface area contributed by atoms with Gasteiger partial charge in [0.05, 0.1) is 23.2 Å². The molecule has 156 valence electrons. The molecule has 0 saturated carbocycles. The summed E-state index contributed by atoms with van der Waals surface area (Å²) in [5.41, 5.74) is 0.636. The SMILES string of the molecule is CNc1cc(CN(C)S(=O)(=O)c2ccc3c(c2)OCCO3)nc([C@H]2CCCN2)n1. The predicted molar refractivity (Wildman–Crippen MR) is 108 cm³/mol. The lowest BCUT2D eigenvalue weighted by Crippen LogP contribution is -2.28. The Labute approximate surface area is 170 Å². The zero-order valence-corrected chi connectivity index (χ0v) is 17.3. The van der Waals surface area contributed by atoms with E-state index >= 15 is 0 Å². The summed E-state index contributed by atoms with van der Waals surface area (Å²) in [6.07, 6.45) is 2.05. The van der Waals surface area contributed by atoms with Crippen LogP contribution in [0.1, 0.15) is 30.4 Å². The minimum Gasteiger partial charge on any atom is -0.486 e. The molecule has 1 fully saturated rings. The number of anilines is 1. The molecule has 0 radical (unpaired) electrons. The Kier molecular flexibility index (Phi) is 5.57. The van der Waals surface area contributed by atoms with Gasteiger partial charge in [0.15, 0.2) is 11.5 Å². The quantitative estimate of drug-likeness (QED) is 0.726. The van der Waals surface area contributed by atoms with Gasteiger partial charge in [0, 0.05) is 26.2 Å². The summed E-state index contributed by atoms with van der Waals surface area (Å²) >= 11 is 0. The molecule has 29 heavy (non-hydrogen) atoms. The number of rotatable bonds is 6. The summed E-state index contributed by atoms with van der Waals surface area (Å²) in [5.74, 6) is 2.36. The molecule has 2 aliphatic heterocycles. The molecule has 10 heteroatoms. The molecule has 2 N–H and O–H groups in total. The molecule has 1 atom stereocenters. The van der Waals surface area contributed by atoms with Gasteiger partial charge in [-0.25, -0.2) is 18.4 Å². The maximum absolute atomic E-state index is 13.1. The van der Waals surface area contributed by atoms with E-state index in [1.807, 2.05) is 0 Å². The standard InChI is InChI=1S/C19H25N5O4S/c1-20-18-10-13(22-19(23-18)15-4-3-7-21-15)12-24(2)29(25,26)14-5-6-16-17(11-14)28-9-8-27-16/h5-6,10-11,15,21H,3-4,7-9,12H2,1-2H3,(H,20,22,23)/t15-/m1/s1. The smallest absolute Gasteiger partial charge is 0.243 e. The maximum Gasteiger partial charge on any atom is 0.243 e. The highest BCUT2D eigenvalue weighted by molar-refractivity contribution is 7.89. The summed E-state index contributed by atoms with van der Waals surface area (Å²) in [6.45, 7) is 1.93. The molecular formula is C19H25N5O4S. The first-order chi connectivity index (χ1) is 14.0. The van der Waals surface area contributed by atoms with Crippen LogP contribution in [0.15, 0.2) is 29.2 Å². The molecule has 1 saturated heterocycles. The highest BCUT2D eigenvalue weighted by atomic mass is 32.2. The van der Waals surface area contributed by atoms with E-state index in [1.54, 1.807) is 26.2 Å². The fourth-order valence-corrected chi connectivity index (χ4v) is 4.62. The van der Waals surface area contributed by atoms with Gasteiger partial charge in [-0.15, -0.1) is 0 Å². The predicted octanol–water partition coefficient (Wildman–Crippen LogP) is 1.53. The van der Waals surface area contributed by atoms with Crippen LogP contribution >= 0.6 is 0 Å². The number of nitrogens with zero attached hydrogens (tertiary/aromatic N) is 3. The number of ether oxygens (including phenoxy) is 2. The van der Waals surface area contributed by atoms with Crippen molar-refractivity contribution in [2.24, 2.45) is 0 Å². The van der Waals surface area contributed by atoms with Crippen LogP contribution in [0.3, 0.4) is 0 Å². The van der Waals surface area contributed by atoms with Gasteiger partial charge >= 0.3 is 0 Å². The highest BCUT2D eigenvalue weighted by Gasteiger charge is 2.25. The number of fused-ring (bicyclic) bond motifs is 1. The Morgan fingerprint density at radius 1 is 1.21 bits per heavy atom. The molecule has 0 bridgehead atoms. The van der Waals surface area contributed by atoms with Crippen LogP contribution in [0.2, 0.25) is 0 Å². The van der Waals surface area contributed by atoms with Gasteiger partial charge in [-0.3, -0.25) is 0 Å². The average molecular weight is 420 g/mol. The normalized spacial score (nSPS) is 18.8. The monoisotopic (exact) mass is 419 g/mol. The lowest BCUT2D eigenvalue weighted by molar-refractivity contribution is 0.171. The van der Waals surface area contributed by atoms with Crippen molar-refractivity contribution in [3.63, 3.8) is 0 Å². The summed E-state index contributed by atoms with van der Waals surface area (Å²) in [6, 6.07) is 6.54. The number of hydrogen-bond donors (Lipinski definition) is 2. The second-order valence-corrected chi connectivity index (χ2v) is 9.11.